The number of carbonyl (C=O) groups is 2. The highest BCUT2D eigenvalue weighted by molar-refractivity contribution is 7.09. The second-order valence-electron chi connectivity index (χ2n) is 9.92. The number of alkyl halides is 6. The van der Waals surface area contributed by atoms with Crippen LogP contribution in [0.3, 0.4) is 0 Å². The molecular weight excluding hydrogens is 613 g/mol. The number of halogens is 7. The highest BCUT2D eigenvalue weighted by atomic mass is 32.1. The Morgan fingerprint density at radius 2 is 1.51 bits per heavy atom. The minimum atomic E-state index is -5.08. The summed E-state index contributed by atoms with van der Waals surface area (Å²) in [6, 6.07) is 6.61. The number of aryl methyl sites for hydroxylation is 1. The molecule has 3 aromatic rings. The Morgan fingerprint density at radius 1 is 0.977 bits per heavy atom. The predicted molar refractivity (Wildman–Crippen MR) is 138 cm³/mol. The van der Waals surface area contributed by atoms with Gasteiger partial charge in [-0.1, -0.05) is 0 Å². The number of carboxylic acid groups (broad SMARTS) is 2. The highest BCUT2D eigenvalue weighted by Crippen LogP contribution is 2.39. The number of hydrogen-bond donors (Lipinski definition) is 2. The molecule has 1 saturated heterocycles. The van der Waals surface area contributed by atoms with Crippen LogP contribution in [0.25, 0.3) is 11.4 Å². The normalized spacial score (nSPS) is 16.9. The van der Waals surface area contributed by atoms with Gasteiger partial charge in [0.25, 0.3) is 0 Å². The fourth-order valence-electron chi connectivity index (χ4n) is 4.76. The van der Waals surface area contributed by atoms with Gasteiger partial charge in [-0.25, -0.2) is 19.0 Å². The van der Waals surface area contributed by atoms with Crippen LogP contribution in [0.2, 0.25) is 0 Å². The number of likely N-dealkylation sites (N-methyl/N-ethyl adjacent to an activating group) is 1. The van der Waals surface area contributed by atoms with Gasteiger partial charge in [0.05, 0.1) is 23.3 Å². The van der Waals surface area contributed by atoms with Crippen molar-refractivity contribution in [2.75, 3.05) is 26.7 Å². The zero-order valence-electron chi connectivity index (χ0n) is 22.8. The summed E-state index contributed by atoms with van der Waals surface area (Å²) < 4.78 is 79.3. The maximum Gasteiger partial charge on any atom is 0.490 e. The van der Waals surface area contributed by atoms with Crippen LogP contribution in [0.5, 0.6) is 0 Å². The topological polar surface area (TPSA) is 125 Å². The van der Waals surface area contributed by atoms with E-state index in [1.54, 1.807) is 23.5 Å². The Labute approximate surface area is 244 Å². The van der Waals surface area contributed by atoms with Crippen LogP contribution in [0.4, 0.5) is 30.7 Å². The maximum atomic E-state index is 13.4. The van der Waals surface area contributed by atoms with Crippen LogP contribution in [0, 0.1) is 12.7 Å². The molecule has 5 rings (SSSR count). The van der Waals surface area contributed by atoms with Gasteiger partial charge in [-0.15, -0.1) is 21.5 Å². The molecule has 0 unspecified atom stereocenters. The molecule has 2 aliphatic heterocycles. The summed E-state index contributed by atoms with van der Waals surface area (Å²) in [5.41, 5.74) is 3.99. The van der Waals surface area contributed by atoms with Gasteiger partial charge in [-0.05, 0) is 51.1 Å². The first-order valence-corrected chi connectivity index (χ1v) is 13.4. The molecule has 1 fully saturated rings. The van der Waals surface area contributed by atoms with Gasteiger partial charge in [-0.3, -0.25) is 9.80 Å². The fourth-order valence-corrected chi connectivity index (χ4v) is 5.58. The number of fused-ring (bicyclic) bond motifs is 2. The van der Waals surface area contributed by atoms with Crippen LogP contribution >= 0.6 is 11.3 Å². The quantitative estimate of drug-likeness (QED) is 0.397. The van der Waals surface area contributed by atoms with E-state index in [0.29, 0.717) is 0 Å². The van der Waals surface area contributed by atoms with E-state index in [2.05, 4.69) is 43.5 Å². The highest BCUT2D eigenvalue weighted by Gasteiger charge is 2.43. The molecule has 0 saturated carbocycles. The van der Waals surface area contributed by atoms with Crippen LogP contribution in [0.1, 0.15) is 29.2 Å². The lowest BCUT2D eigenvalue weighted by Gasteiger charge is -2.48. The lowest BCUT2D eigenvalue weighted by molar-refractivity contribution is -0.193. The molecule has 0 amide bonds. The molecule has 10 nitrogen and oxygen atoms in total. The van der Waals surface area contributed by atoms with Crippen molar-refractivity contribution in [3.8, 4) is 11.4 Å². The minimum absolute atomic E-state index is 0.0191. The Kier molecular flexibility index (Phi) is 10.5. The fraction of sp³-hybridized carbons (Fsp3) is 0.480. The van der Waals surface area contributed by atoms with Crippen molar-refractivity contribution < 1.29 is 50.5 Å². The Balaban J connectivity index is 0.000000303. The largest absolute Gasteiger partial charge is 0.490 e. The molecule has 4 heterocycles. The molecule has 1 aromatic carbocycles. The standard InChI is InChI=1S/C21H25FN6S.2C2HF3O2/c1-15-18(29-14-23-15)11-27-9-7-21(8-10-27)13-26(2)12-19-24-25-20(28(19)21)16-3-5-17(22)6-4-16;2*3-2(4,5)1(6)7/h3-6,14H,7-13H2,1-2H3;2*(H,6,7). The van der Waals surface area contributed by atoms with Gasteiger partial charge in [0.2, 0.25) is 0 Å². The number of benzene rings is 1. The molecule has 2 aromatic heterocycles. The number of likely N-dealkylation sites (tertiary alicyclic amines) is 1. The number of carboxylic acids is 2. The lowest BCUT2D eigenvalue weighted by atomic mass is 9.84. The average Bonchev–Trinajstić information content (AvgIpc) is 3.52. The van der Waals surface area contributed by atoms with Gasteiger partial charge in [0.1, 0.15) is 11.6 Å². The molecule has 236 valence electrons. The van der Waals surface area contributed by atoms with Gasteiger partial charge < -0.3 is 14.8 Å². The smallest absolute Gasteiger partial charge is 0.475 e. The Bertz CT molecular complexity index is 1380. The number of piperidine rings is 1. The number of thiazole rings is 1. The van der Waals surface area contributed by atoms with Gasteiger partial charge in [0.15, 0.2) is 5.82 Å². The summed E-state index contributed by atoms with van der Waals surface area (Å²) in [5, 5.41) is 23.3. The summed E-state index contributed by atoms with van der Waals surface area (Å²) >= 11 is 1.74. The Hall–Kier alpha value is -3.64. The van der Waals surface area contributed by atoms with E-state index in [0.717, 1.165) is 68.5 Å². The van der Waals surface area contributed by atoms with E-state index in [9.17, 15) is 30.7 Å². The van der Waals surface area contributed by atoms with Crippen LogP contribution in [0.15, 0.2) is 29.8 Å². The molecular formula is C25H27F7N6O4S. The molecule has 0 aliphatic carbocycles. The molecule has 2 aliphatic rings. The van der Waals surface area contributed by atoms with E-state index in [1.807, 2.05) is 5.51 Å². The van der Waals surface area contributed by atoms with Crippen LogP contribution in [-0.2, 0) is 28.2 Å². The van der Waals surface area contributed by atoms with E-state index in [1.165, 1.54) is 17.0 Å². The van der Waals surface area contributed by atoms with E-state index in [4.69, 9.17) is 19.8 Å². The van der Waals surface area contributed by atoms with E-state index < -0.39 is 24.3 Å². The zero-order chi connectivity index (χ0) is 32.2. The van der Waals surface area contributed by atoms with Crippen molar-refractivity contribution in [1.82, 2.24) is 29.5 Å². The molecule has 43 heavy (non-hydrogen) atoms. The first-order valence-electron chi connectivity index (χ1n) is 12.5. The molecule has 18 heteroatoms. The molecule has 1 spiro atoms. The third-order valence-corrected chi connectivity index (χ3v) is 7.69. The van der Waals surface area contributed by atoms with Crippen LogP contribution in [-0.4, -0.2) is 90.7 Å². The van der Waals surface area contributed by atoms with Gasteiger partial charge in [-0.2, -0.15) is 26.3 Å². The number of rotatable bonds is 3. The summed E-state index contributed by atoms with van der Waals surface area (Å²) in [6.07, 6.45) is -8.07. The van der Waals surface area contributed by atoms with Crippen molar-refractivity contribution in [3.63, 3.8) is 0 Å². The maximum absolute atomic E-state index is 13.4. The SMILES string of the molecule is Cc1ncsc1CN1CCC2(CC1)CN(C)Cc1nnc(-c3ccc(F)cc3)n12.O=C(O)C(F)(F)F.O=C(O)C(F)(F)F. The van der Waals surface area contributed by atoms with Crippen molar-refractivity contribution in [2.24, 2.45) is 0 Å². The number of hydrogen-bond acceptors (Lipinski definition) is 8. The van der Waals surface area contributed by atoms with Crippen molar-refractivity contribution in [1.29, 1.82) is 0 Å². The summed E-state index contributed by atoms with van der Waals surface area (Å²) in [5.74, 6) is -3.88. The van der Waals surface area contributed by atoms with Crippen molar-refractivity contribution >= 4 is 23.3 Å². The molecule has 2 N–H and O–H groups in total. The molecule has 0 atom stereocenters. The summed E-state index contributed by atoms with van der Waals surface area (Å²) in [7, 11) is 2.16. The third kappa shape index (κ3) is 8.70. The molecule has 0 radical (unpaired) electrons. The second-order valence-corrected chi connectivity index (χ2v) is 10.9. The van der Waals surface area contributed by atoms with E-state index in [-0.39, 0.29) is 11.4 Å². The Morgan fingerprint density at radius 3 is 1.98 bits per heavy atom. The first kappa shape index (κ1) is 33.9. The average molecular weight is 641 g/mol. The second kappa shape index (κ2) is 13.3. The van der Waals surface area contributed by atoms with E-state index >= 15 is 0 Å². The number of aliphatic carboxylic acids is 2. The summed E-state index contributed by atoms with van der Waals surface area (Å²) in [4.78, 5) is 28.4. The van der Waals surface area contributed by atoms with Gasteiger partial charge >= 0.3 is 24.3 Å². The number of aromatic nitrogens is 4. The summed E-state index contributed by atoms with van der Waals surface area (Å²) in [6.45, 7) is 6.91. The number of nitrogens with zero attached hydrogens (tertiary/aromatic N) is 6. The molecule has 0 bridgehead atoms. The van der Waals surface area contributed by atoms with Gasteiger partial charge in [0, 0.05) is 36.6 Å². The lowest BCUT2D eigenvalue weighted by Crippen LogP contribution is -2.55. The third-order valence-electron chi connectivity index (χ3n) is 6.77. The van der Waals surface area contributed by atoms with Crippen molar-refractivity contribution in [2.45, 2.75) is 50.7 Å². The first-order chi connectivity index (χ1) is 19.9. The zero-order valence-corrected chi connectivity index (χ0v) is 23.6. The predicted octanol–water partition coefficient (Wildman–Crippen LogP) is 4.55. The van der Waals surface area contributed by atoms with Crippen LogP contribution < -0.4 is 0 Å². The monoisotopic (exact) mass is 640 g/mol. The minimum Gasteiger partial charge on any atom is -0.475 e. The van der Waals surface area contributed by atoms with Crippen molar-refractivity contribution in [3.05, 3.63) is 52.0 Å².